The topological polar surface area (TPSA) is 0 Å². The molecule has 0 aromatic carbocycles. The molecule has 0 aromatic rings. The van der Waals surface area contributed by atoms with Crippen LogP contribution in [0.3, 0.4) is 0 Å². The van der Waals surface area contributed by atoms with Gasteiger partial charge in [-0.15, -0.1) is 0 Å². The number of hydrogen-bond donors (Lipinski definition) is 0. The van der Waals surface area contributed by atoms with Crippen LogP contribution in [0.1, 0.15) is 59.3 Å². The lowest BCUT2D eigenvalue weighted by Gasteiger charge is -2.38. The third kappa shape index (κ3) is 2.00. The predicted octanol–water partition coefficient (Wildman–Crippen LogP) is 4.81. The van der Waals surface area contributed by atoms with Gasteiger partial charge in [-0.1, -0.05) is 45.3 Å². The van der Waals surface area contributed by atoms with Crippen molar-refractivity contribution in [2.75, 3.05) is 0 Å². The molecule has 0 aliphatic heterocycles. The molecule has 2 aliphatic rings. The second-order valence-electron chi connectivity index (χ2n) is 6.55. The minimum absolute atomic E-state index is 0.557. The van der Waals surface area contributed by atoms with Gasteiger partial charge < -0.3 is 0 Å². The van der Waals surface area contributed by atoms with Crippen molar-refractivity contribution in [3.05, 3.63) is 12.2 Å². The van der Waals surface area contributed by atoms with Gasteiger partial charge in [0.25, 0.3) is 0 Å². The third-order valence-electron chi connectivity index (χ3n) is 4.97. The van der Waals surface area contributed by atoms with Crippen LogP contribution < -0.4 is 0 Å². The molecule has 0 amide bonds. The lowest BCUT2D eigenvalue weighted by molar-refractivity contribution is 0.134. The van der Waals surface area contributed by atoms with E-state index in [0.717, 1.165) is 17.8 Å². The van der Waals surface area contributed by atoms with E-state index in [0.29, 0.717) is 5.41 Å². The maximum Gasteiger partial charge on any atom is -0.0172 e. The zero-order valence-corrected chi connectivity index (χ0v) is 10.7. The largest absolute Gasteiger partial charge is 0.0998 e. The van der Waals surface area contributed by atoms with Gasteiger partial charge in [0.15, 0.2) is 0 Å². The molecule has 3 unspecified atom stereocenters. The summed E-state index contributed by atoms with van der Waals surface area (Å²) in [6.07, 6.45) is 8.70. The van der Waals surface area contributed by atoms with E-state index in [1.54, 1.807) is 0 Å². The van der Waals surface area contributed by atoms with Crippen molar-refractivity contribution in [3.63, 3.8) is 0 Å². The number of rotatable bonds is 1. The molecule has 3 atom stereocenters. The Labute approximate surface area is 95.1 Å². The average Bonchev–Trinajstić information content (AvgIpc) is 2.51. The van der Waals surface area contributed by atoms with Gasteiger partial charge in [-0.05, 0) is 49.4 Å². The summed E-state index contributed by atoms with van der Waals surface area (Å²) in [7, 11) is 0. The highest BCUT2D eigenvalue weighted by Crippen LogP contribution is 2.54. The minimum Gasteiger partial charge on any atom is -0.0998 e. The van der Waals surface area contributed by atoms with Crippen molar-refractivity contribution >= 4 is 0 Å². The SMILES string of the molecule is C=C(C)C1CCC2CCCCC(C)(C)C21. The molecule has 2 aliphatic carbocycles. The number of allylic oxidation sites excluding steroid dienone is 1. The summed E-state index contributed by atoms with van der Waals surface area (Å²) in [5, 5.41) is 0. The van der Waals surface area contributed by atoms with E-state index in [2.05, 4.69) is 27.4 Å². The van der Waals surface area contributed by atoms with Crippen LogP contribution in [0.15, 0.2) is 12.2 Å². The van der Waals surface area contributed by atoms with Gasteiger partial charge in [0.05, 0.1) is 0 Å². The highest BCUT2D eigenvalue weighted by Gasteiger charge is 2.45. The van der Waals surface area contributed by atoms with Crippen molar-refractivity contribution in [1.82, 2.24) is 0 Å². The summed E-state index contributed by atoms with van der Waals surface area (Å²) < 4.78 is 0. The Bertz CT molecular complexity index is 249. The molecule has 15 heavy (non-hydrogen) atoms. The van der Waals surface area contributed by atoms with Crippen LogP contribution in [0.2, 0.25) is 0 Å². The van der Waals surface area contributed by atoms with Gasteiger partial charge in [-0.3, -0.25) is 0 Å². The summed E-state index contributed by atoms with van der Waals surface area (Å²) in [5.41, 5.74) is 2.00. The van der Waals surface area contributed by atoms with Gasteiger partial charge in [0, 0.05) is 0 Å². The lowest BCUT2D eigenvalue weighted by Crippen LogP contribution is -2.30. The molecule has 2 fully saturated rings. The number of fused-ring (bicyclic) bond motifs is 1. The van der Waals surface area contributed by atoms with Crippen LogP contribution in [0.25, 0.3) is 0 Å². The van der Waals surface area contributed by atoms with Crippen molar-refractivity contribution < 1.29 is 0 Å². The Balaban J connectivity index is 2.24. The summed E-state index contributed by atoms with van der Waals surface area (Å²) in [6.45, 7) is 11.5. The Morgan fingerprint density at radius 3 is 2.53 bits per heavy atom. The van der Waals surface area contributed by atoms with Crippen LogP contribution in [0.4, 0.5) is 0 Å². The van der Waals surface area contributed by atoms with E-state index in [1.165, 1.54) is 44.1 Å². The summed E-state index contributed by atoms with van der Waals surface area (Å²) in [5.74, 6) is 2.75. The fraction of sp³-hybridized carbons (Fsp3) is 0.867. The van der Waals surface area contributed by atoms with Crippen LogP contribution in [-0.2, 0) is 0 Å². The quantitative estimate of drug-likeness (QED) is 0.540. The second kappa shape index (κ2) is 3.96. The molecule has 0 radical (unpaired) electrons. The Morgan fingerprint density at radius 2 is 1.87 bits per heavy atom. The third-order valence-corrected chi connectivity index (χ3v) is 4.97. The molecular weight excluding hydrogens is 180 g/mol. The van der Waals surface area contributed by atoms with E-state index in [1.807, 2.05) is 0 Å². The van der Waals surface area contributed by atoms with Gasteiger partial charge in [-0.2, -0.15) is 0 Å². The van der Waals surface area contributed by atoms with Crippen LogP contribution in [0, 0.1) is 23.2 Å². The summed E-state index contributed by atoms with van der Waals surface area (Å²) >= 11 is 0. The first-order chi connectivity index (χ1) is 7.02. The molecule has 0 spiro atoms. The van der Waals surface area contributed by atoms with Crippen molar-refractivity contribution in [2.45, 2.75) is 59.3 Å². The van der Waals surface area contributed by atoms with E-state index in [9.17, 15) is 0 Å². The molecule has 86 valence electrons. The van der Waals surface area contributed by atoms with E-state index >= 15 is 0 Å². The van der Waals surface area contributed by atoms with Gasteiger partial charge in [0.2, 0.25) is 0 Å². The molecular formula is C15H26. The monoisotopic (exact) mass is 206 g/mol. The minimum atomic E-state index is 0.557. The molecule has 0 saturated heterocycles. The van der Waals surface area contributed by atoms with Crippen molar-refractivity contribution in [1.29, 1.82) is 0 Å². The maximum absolute atomic E-state index is 4.22. The smallest absolute Gasteiger partial charge is 0.0172 e. The fourth-order valence-electron chi connectivity index (χ4n) is 4.29. The normalized spacial score (nSPS) is 39.5. The average molecular weight is 206 g/mol. The molecule has 2 saturated carbocycles. The predicted molar refractivity (Wildman–Crippen MR) is 66.8 cm³/mol. The summed E-state index contributed by atoms with van der Waals surface area (Å²) in [4.78, 5) is 0. The fourth-order valence-corrected chi connectivity index (χ4v) is 4.29. The van der Waals surface area contributed by atoms with Crippen molar-refractivity contribution in [3.8, 4) is 0 Å². The molecule has 0 N–H and O–H groups in total. The maximum atomic E-state index is 4.22. The molecule has 0 heterocycles. The first kappa shape index (κ1) is 11.2. The Hall–Kier alpha value is -0.260. The molecule has 0 nitrogen and oxygen atoms in total. The van der Waals surface area contributed by atoms with Gasteiger partial charge in [0.1, 0.15) is 0 Å². The molecule has 0 bridgehead atoms. The van der Waals surface area contributed by atoms with Crippen LogP contribution >= 0.6 is 0 Å². The first-order valence-electron chi connectivity index (χ1n) is 6.68. The van der Waals surface area contributed by atoms with Gasteiger partial charge >= 0.3 is 0 Å². The highest BCUT2D eigenvalue weighted by atomic mass is 14.5. The second-order valence-corrected chi connectivity index (χ2v) is 6.55. The highest BCUT2D eigenvalue weighted by molar-refractivity contribution is 5.07. The molecule has 2 rings (SSSR count). The van der Waals surface area contributed by atoms with Crippen molar-refractivity contribution in [2.24, 2.45) is 23.2 Å². The van der Waals surface area contributed by atoms with Crippen LogP contribution in [0.5, 0.6) is 0 Å². The zero-order chi connectivity index (χ0) is 11.1. The first-order valence-corrected chi connectivity index (χ1v) is 6.68. The van der Waals surface area contributed by atoms with E-state index in [-0.39, 0.29) is 0 Å². The van der Waals surface area contributed by atoms with Crippen LogP contribution in [-0.4, -0.2) is 0 Å². The van der Waals surface area contributed by atoms with E-state index in [4.69, 9.17) is 0 Å². The molecule has 0 aromatic heterocycles. The zero-order valence-electron chi connectivity index (χ0n) is 10.7. The summed E-state index contributed by atoms with van der Waals surface area (Å²) in [6, 6.07) is 0. The Kier molecular flexibility index (Phi) is 2.96. The number of hydrogen-bond acceptors (Lipinski definition) is 0. The Morgan fingerprint density at radius 1 is 1.13 bits per heavy atom. The molecule has 0 heteroatoms. The van der Waals surface area contributed by atoms with Gasteiger partial charge in [-0.25, -0.2) is 0 Å². The van der Waals surface area contributed by atoms with E-state index < -0.39 is 0 Å². The standard InChI is InChI=1S/C15H26/c1-11(2)13-9-8-12-7-5-6-10-15(3,4)14(12)13/h12-14H,1,5-10H2,2-4H3. The lowest BCUT2D eigenvalue weighted by atomic mass is 9.67.